The fraction of sp³-hybridized carbons (Fsp3) is 0.188. The summed E-state index contributed by atoms with van der Waals surface area (Å²) in [5.41, 5.74) is 3.73. The molecule has 0 radical (unpaired) electrons. The topological polar surface area (TPSA) is 33.0 Å². The van der Waals surface area contributed by atoms with E-state index in [0.717, 1.165) is 26.9 Å². The number of nitriles is 1. The number of aryl methyl sites for hydroxylation is 1. The van der Waals surface area contributed by atoms with Gasteiger partial charge in [0.15, 0.2) is 0 Å². The fourth-order valence-corrected chi connectivity index (χ4v) is 2.49. The number of alkyl halides is 1. The molecule has 0 saturated carbocycles. The zero-order chi connectivity index (χ0) is 14.5. The second-order valence-electron chi connectivity index (χ2n) is 4.43. The van der Waals surface area contributed by atoms with Crippen LogP contribution in [-0.2, 0) is 12.5 Å². The Balaban J connectivity index is 2.15. The van der Waals surface area contributed by atoms with Crippen LogP contribution in [0.3, 0.4) is 0 Å². The Labute approximate surface area is 132 Å². The summed E-state index contributed by atoms with van der Waals surface area (Å²) in [6.07, 6.45) is 0. The molecule has 0 spiro atoms. The van der Waals surface area contributed by atoms with Crippen LogP contribution in [0.15, 0.2) is 40.9 Å². The van der Waals surface area contributed by atoms with E-state index in [2.05, 4.69) is 22.0 Å². The largest absolute Gasteiger partial charge is 0.489 e. The molecule has 0 fully saturated rings. The number of rotatable bonds is 4. The van der Waals surface area contributed by atoms with Crippen molar-refractivity contribution in [2.24, 2.45) is 0 Å². The first-order chi connectivity index (χ1) is 9.63. The van der Waals surface area contributed by atoms with E-state index in [9.17, 15) is 0 Å². The highest BCUT2D eigenvalue weighted by atomic mass is 79.9. The quantitative estimate of drug-likeness (QED) is 0.731. The first kappa shape index (κ1) is 14.9. The molecule has 0 heterocycles. The predicted octanol–water partition coefficient (Wildman–Crippen LogP) is 4.95. The molecule has 0 saturated heterocycles. The van der Waals surface area contributed by atoms with Crippen molar-refractivity contribution in [2.45, 2.75) is 19.4 Å². The number of benzene rings is 2. The summed E-state index contributed by atoms with van der Waals surface area (Å²) >= 11 is 9.34. The molecule has 2 nitrogen and oxygen atoms in total. The summed E-state index contributed by atoms with van der Waals surface area (Å²) in [7, 11) is 0. The van der Waals surface area contributed by atoms with Crippen LogP contribution >= 0.6 is 27.5 Å². The zero-order valence-electron chi connectivity index (χ0n) is 11.0. The lowest BCUT2D eigenvalue weighted by Crippen LogP contribution is -2.00. The maximum absolute atomic E-state index is 8.85. The molecule has 0 aliphatic heterocycles. The van der Waals surface area contributed by atoms with Gasteiger partial charge in [-0.1, -0.05) is 22.0 Å². The lowest BCUT2D eigenvalue weighted by atomic mass is 10.1. The highest BCUT2D eigenvalue weighted by Crippen LogP contribution is 2.26. The summed E-state index contributed by atoms with van der Waals surface area (Å²) < 4.78 is 6.82. The van der Waals surface area contributed by atoms with Crippen molar-refractivity contribution in [3.05, 3.63) is 63.1 Å². The Morgan fingerprint density at radius 1 is 1.20 bits per heavy atom. The molecule has 20 heavy (non-hydrogen) atoms. The second kappa shape index (κ2) is 6.78. The Morgan fingerprint density at radius 2 is 2.00 bits per heavy atom. The molecule has 0 atom stereocenters. The van der Waals surface area contributed by atoms with E-state index in [4.69, 9.17) is 21.6 Å². The normalized spacial score (nSPS) is 10.1. The van der Waals surface area contributed by atoms with E-state index in [1.807, 2.05) is 37.3 Å². The Morgan fingerprint density at radius 3 is 2.65 bits per heavy atom. The van der Waals surface area contributed by atoms with E-state index in [1.165, 1.54) is 0 Å². The van der Waals surface area contributed by atoms with E-state index >= 15 is 0 Å². The lowest BCUT2D eigenvalue weighted by Gasteiger charge is -2.12. The Hall–Kier alpha value is -1.50. The maximum Gasteiger partial charge on any atom is 0.124 e. The first-order valence-corrected chi connectivity index (χ1v) is 7.43. The van der Waals surface area contributed by atoms with Crippen molar-refractivity contribution in [1.29, 1.82) is 5.26 Å². The van der Waals surface area contributed by atoms with E-state index < -0.39 is 0 Å². The molecule has 0 unspecified atom stereocenters. The third-order valence-corrected chi connectivity index (χ3v) is 3.80. The standard InChI is InChI=1S/C16H13BrClNO/c1-11-6-12(9-19)2-3-13(11)10-20-16-5-4-15(17)7-14(16)8-18/h2-7H,8,10H2,1H3. The average molecular weight is 351 g/mol. The van der Waals surface area contributed by atoms with Gasteiger partial charge in [-0.3, -0.25) is 0 Å². The number of hydrogen-bond acceptors (Lipinski definition) is 2. The van der Waals surface area contributed by atoms with Crippen molar-refractivity contribution in [1.82, 2.24) is 0 Å². The van der Waals surface area contributed by atoms with Crippen molar-refractivity contribution in [3.8, 4) is 11.8 Å². The highest BCUT2D eigenvalue weighted by molar-refractivity contribution is 9.10. The van der Waals surface area contributed by atoms with Crippen LogP contribution in [0, 0.1) is 18.3 Å². The number of ether oxygens (including phenoxy) is 1. The van der Waals surface area contributed by atoms with Gasteiger partial charge in [0, 0.05) is 10.0 Å². The van der Waals surface area contributed by atoms with Gasteiger partial charge in [-0.15, -0.1) is 11.6 Å². The van der Waals surface area contributed by atoms with Gasteiger partial charge >= 0.3 is 0 Å². The van der Waals surface area contributed by atoms with Gasteiger partial charge in [0.1, 0.15) is 12.4 Å². The molecule has 102 valence electrons. The second-order valence-corrected chi connectivity index (χ2v) is 5.61. The van der Waals surface area contributed by atoms with Crippen LogP contribution in [0.25, 0.3) is 0 Å². The van der Waals surface area contributed by atoms with E-state index in [0.29, 0.717) is 18.1 Å². The first-order valence-electron chi connectivity index (χ1n) is 6.11. The van der Waals surface area contributed by atoms with Gasteiger partial charge in [-0.25, -0.2) is 0 Å². The predicted molar refractivity (Wildman–Crippen MR) is 83.9 cm³/mol. The van der Waals surface area contributed by atoms with Gasteiger partial charge in [0.25, 0.3) is 0 Å². The maximum atomic E-state index is 8.85. The minimum atomic E-state index is 0.404. The Kier molecular flexibility index (Phi) is 5.05. The van der Waals surface area contributed by atoms with Gasteiger partial charge in [-0.05, 0) is 48.4 Å². The summed E-state index contributed by atoms with van der Waals surface area (Å²) in [5, 5.41) is 8.85. The molecular formula is C16H13BrClNO. The van der Waals surface area contributed by atoms with Crippen LogP contribution in [0.5, 0.6) is 5.75 Å². The van der Waals surface area contributed by atoms with Gasteiger partial charge in [0.2, 0.25) is 0 Å². The van der Waals surface area contributed by atoms with Gasteiger partial charge in [-0.2, -0.15) is 5.26 Å². The van der Waals surface area contributed by atoms with Crippen molar-refractivity contribution >= 4 is 27.5 Å². The summed E-state index contributed by atoms with van der Waals surface area (Å²) in [6.45, 7) is 2.44. The molecule has 2 aromatic carbocycles. The molecule has 4 heteroatoms. The molecule has 0 aromatic heterocycles. The van der Waals surface area contributed by atoms with Gasteiger partial charge in [0.05, 0.1) is 17.5 Å². The van der Waals surface area contributed by atoms with Crippen LogP contribution in [-0.4, -0.2) is 0 Å². The van der Waals surface area contributed by atoms with Crippen LogP contribution < -0.4 is 4.74 Å². The summed E-state index contributed by atoms with van der Waals surface area (Å²) in [4.78, 5) is 0. The van der Waals surface area contributed by atoms with Crippen LogP contribution in [0.1, 0.15) is 22.3 Å². The minimum Gasteiger partial charge on any atom is -0.489 e. The minimum absolute atomic E-state index is 0.404. The fourth-order valence-electron chi connectivity index (χ4n) is 1.88. The smallest absolute Gasteiger partial charge is 0.124 e. The molecule has 0 aliphatic carbocycles. The summed E-state index contributed by atoms with van der Waals surface area (Å²) in [6, 6.07) is 13.5. The summed E-state index contributed by atoms with van der Waals surface area (Å²) in [5.74, 6) is 1.19. The molecular weight excluding hydrogens is 338 g/mol. The molecule has 0 bridgehead atoms. The van der Waals surface area contributed by atoms with Crippen LogP contribution in [0.4, 0.5) is 0 Å². The van der Waals surface area contributed by atoms with Crippen LogP contribution in [0.2, 0.25) is 0 Å². The van der Waals surface area contributed by atoms with Crippen molar-refractivity contribution < 1.29 is 4.74 Å². The third-order valence-electron chi connectivity index (χ3n) is 3.02. The molecule has 0 amide bonds. The van der Waals surface area contributed by atoms with Gasteiger partial charge < -0.3 is 4.74 Å². The highest BCUT2D eigenvalue weighted by Gasteiger charge is 2.06. The average Bonchev–Trinajstić information content (AvgIpc) is 2.46. The SMILES string of the molecule is Cc1cc(C#N)ccc1COc1ccc(Br)cc1CCl. The van der Waals surface area contributed by atoms with Crippen molar-refractivity contribution in [2.75, 3.05) is 0 Å². The van der Waals surface area contributed by atoms with E-state index in [1.54, 1.807) is 6.07 Å². The molecule has 0 aliphatic rings. The number of halogens is 2. The monoisotopic (exact) mass is 349 g/mol. The molecule has 2 aromatic rings. The zero-order valence-corrected chi connectivity index (χ0v) is 13.3. The lowest BCUT2D eigenvalue weighted by molar-refractivity contribution is 0.303. The number of nitrogens with zero attached hydrogens (tertiary/aromatic N) is 1. The Bertz CT molecular complexity index is 664. The van der Waals surface area contributed by atoms with E-state index in [-0.39, 0.29) is 0 Å². The molecule has 0 N–H and O–H groups in total. The number of hydrogen-bond donors (Lipinski definition) is 0. The van der Waals surface area contributed by atoms with Crippen molar-refractivity contribution in [3.63, 3.8) is 0 Å². The third kappa shape index (κ3) is 3.53. The molecule has 2 rings (SSSR count).